The highest BCUT2D eigenvalue weighted by atomic mass is 15.0. The first-order chi connectivity index (χ1) is 10.6. The maximum atomic E-state index is 7.06. The zero-order valence-electron chi connectivity index (χ0n) is 13.4. The average molecular weight is 295 g/mol. The Hall–Kier alpha value is -1.58. The lowest BCUT2D eigenvalue weighted by molar-refractivity contribution is 0.265. The molecule has 4 rings (SSSR count). The molecule has 0 radical (unpaired) electrons. The third kappa shape index (κ3) is 1.89. The van der Waals surface area contributed by atoms with Crippen LogP contribution in [0.3, 0.4) is 0 Å². The molecule has 1 aromatic heterocycles. The number of para-hydroxylation sites is 1. The van der Waals surface area contributed by atoms with E-state index in [4.69, 9.17) is 5.73 Å². The number of benzene rings is 1. The normalized spacial score (nSPS) is 31.3. The second-order valence-electron chi connectivity index (χ2n) is 6.98. The smallest absolute Gasteiger partial charge is 0.0764 e. The second kappa shape index (κ2) is 4.97. The Morgan fingerprint density at radius 3 is 2.95 bits per heavy atom. The van der Waals surface area contributed by atoms with Gasteiger partial charge in [0.2, 0.25) is 0 Å². The summed E-state index contributed by atoms with van der Waals surface area (Å²) in [5.41, 5.74) is 12.1. The van der Waals surface area contributed by atoms with Gasteiger partial charge < -0.3 is 16.0 Å². The molecule has 0 spiro atoms. The number of aromatic nitrogens is 1. The van der Waals surface area contributed by atoms with Crippen LogP contribution in [-0.2, 0) is 12.0 Å². The van der Waals surface area contributed by atoms with E-state index in [0.717, 1.165) is 25.8 Å². The molecule has 2 aliphatic rings. The number of H-pyrrole nitrogens is 1. The summed E-state index contributed by atoms with van der Waals surface area (Å²) >= 11 is 0. The Bertz CT molecular complexity index is 742. The van der Waals surface area contributed by atoms with Gasteiger partial charge in [0, 0.05) is 16.6 Å². The van der Waals surface area contributed by atoms with E-state index in [0.29, 0.717) is 5.92 Å². The first-order valence-electron chi connectivity index (χ1n) is 8.46. The van der Waals surface area contributed by atoms with Crippen molar-refractivity contribution >= 4 is 10.9 Å². The van der Waals surface area contributed by atoms with Crippen LogP contribution < -0.4 is 11.1 Å². The van der Waals surface area contributed by atoms with Crippen LogP contribution in [0.15, 0.2) is 35.9 Å². The molecule has 3 atom stereocenters. The number of fused-ring (bicyclic) bond motifs is 5. The minimum absolute atomic E-state index is 0.253. The van der Waals surface area contributed by atoms with Crippen LogP contribution in [0.25, 0.3) is 10.9 Å². The fraction of sp³-hybridized carbons (Fsp3) is 0.474. The zero-order valence-corrected chi connectivity index (χ0v) is 13.4. The van der Waals surface area contributed by atoms with Gasteiger partial charge >= 0.3 is 0 Å². The number of allylic oxidation sites excluding steroid dienone is 1. The first-order valence-corrected chi connectivity index (χ1v) is 8.46. The van der Waals surface area contributed by atoms with Crippen LogP contribution in [0.4, 0.5) is 0 Å². The lowest BCUT2D eigenvalue weighted by atomic mass is 9.71. The predicted octanol–water partition coefficient (Wildman–Crippen LogP) is 3.21. The quantitative estimate of drug-likeness (QED) is 0.708. The number of nitrogens with two attached hydrogens (primary N) is 1. The van der Waals surface area contributed by atoms with Gasteiger partial charge in [0.1, 0.15) is 0 Å². The summed E-state index contributed by atoms with van der Waals surface area (Å²) in [6, 6.07) is 8.85. The number of hydrogen-bond acceptors (Lipinski definition) is 2. The minimum atomic E-state index is -0.329. The third-order valence-corrected chi connectivity index (χ3v) is 5.46. The van der Waals surface area contributed by atoms with Crippen LogP contribution in [-0.4, -0.2) is 17.6 Å². The molecule has 1 aromatic carbocycles. The van der Waals surface area contributed by atoms with Crippen molar-refractivity contribution in [2.45, 2.75) is 44.7 Å². The molecule has 0 fully saturated rings. The monoisotopic (exact) mass is 295 g/mol. The highest BCUT2D eigenvalue weighted by molar-refractivity contribution is 5.85. The maximum Gasteiger partial charge on any atom is 0.0764 e. The molecular weight excluding hydrogens is 270 g/mol. The molecule has 0 bridgehead atoms. The third-order valence-electron chi connectivity index (χ3n) is 5.46. The fourth-order valence-electron chi connectivity index (χ4n) is 4.58. The largest absolute Gasteiger partial charge is 0.357 e. The SMILES string of the molecule is CCC1=CC(C)CC2(N)c3[nH]c4ccccc4c3CCNC12. The van der Waals surface area contributed by atoms with Crippen LogP contribution in [0, 0.1) is 5.92 Å². The van der Waals surface area contributed by atoms with Gasteiger partial charge in [-0.15, -0.1) is 0 Å². The summed E-state index contributed by atoms with van der Waals surface area (Å²) in [6.45, 7) is 5.51. The first kappa shape index (κ1) is 14.0. The molecule has 2 aromatic rings. The molecule has 1 aliphatic carbocycles. The zero-order chi connectivity index (χ0) is 15.3. The van der Waals surface area contributed by atoms with Crippen molar-refractivity contribution in [1.82, 2.24) is 10.3 Å². The van der Waals surface area contributed by atoms with E-state index in [2.05, 4.69) is 54.5 Å². The minimum Gasteiger partial charge on any atom is -0.357 e. The van der Waals surface area contributed by atoms with Crippen LogP contribution in [0.5, 0.6) is 0 Å². The van der Waals surface area contributed by atoms with Crippen LogP contribution in [0.2, 0.25) is 0 Å². The summed E-state index contributed by atoms with van der Waals surface area (Å²) in [5.74, 6) is 0.523. The van der Waals surface area contributed by atoms with E-state index in [1.54, 1.807) is 0 Å². The van der Waals surface area contributed by atoms with E-state index in [9.17, 15) is 0 Å². The second-order valence-corrected chi connectivity index (χ2v) is 6.98. The van der Waals surface area contributed by atoms with Gasteiger partial charge in [-0.05, 0) is 43.4 Å². The topological polar surface area (TPSA) is 53.8 Å². The van der Waals surface area contributed by atoms with Crippen LogP contribution >= 0.6 is 0 Å². The molecule has 2 heterocycles. The predicted molar refractivity (Wildman–Crippen MR) is 91.8 cm³/mol. The lowest BCUT2D eigenvalue weighted by Crippen LogP contribution is -2.57. The average Bonchev–Trinajstić information content (AvgIpc) is 2.82. The van der Waals surface area contributed by atoms with Gasteiger partial charge in [0.25, 0.3) is 0 Å². The Morgan fingerprint density at radius 2 is 2.14 bits per heavy atom. The molecule has 4 N–H and O–H groups in total. The summed E-state index contributed by atoms with van der Waals surface area (Å²) in [7, 11) is 0. The summed E-state index contributed by atoms with van der Waals surface area (Å²) in [5, 5.41) is 5.07. The van der Waals surface area contributed by atoms with Crippen LogP contribution in [0.1, 0.15) is 37.9 Å². The van der Waals surface area contributed by atoms with Gasteiger partial charge in [-0.3, -0.25) is 0 Å². The molecule has 0 saturated heterocycles. The highest BCUT2D eigenvalue weighted by Crippen LogP contribution is 2.42. The standard InChI is InChI=1S/C19H25N3/c1-3-13-10-12(2)11-19(20)17(13)21-9-8-15-14-6-4-5-7-16(14)22-18(15)19/h4-7,10,12,17,21-22H,3,8-9,11,20H2,1-2H3. The van der Waals surface area contributed by atoms with E-state index in [-0.39, 0.29) is 11.6 Å². The Labute approximate surface area is 132 Å². The van der Waals surface area contributed by atoms with Gasteiger partial charge in [0.05, 0.1) is 11.6 Å². The van der Waals surface area contributed by atoms with Gasteiger partial charge in [0.15, 0.2) is 0 Å². The number of aromatic amines is 1. The molecule has 3 unspecified atom stereocenters. The van der Waals surface area contributed by atoms with Crippen molar-refractivity contribution in [2.24, 2.45) is 11.7 Å². The molecule has 0 amide bonds. The van der Waals surface area contributed by atoms with Gasteiger partial charge in [-0.1, -0.05) is 43.7 Å². The van der Waals surface area contributed by atoms with E-state index >= 15 is 0 Å². The molecule has 0 saturated carbocycles. The highest BCUT2D eigenvalue weighted by Gasteiger charge is 2.45. The summed E-state index contributed by atoms with van der Waals surface area (Å²) in [6.07, 6.45) is 5.53. The lowest BCUT2D eigenvalue weighted by Gasteiger charge is -2.43. The molecule has 22 heavy (non-hydrogen) atoms. The van der Waals surface area contributed by atoms with Gasteiger partial charge in [-0.25, -0.2) is 0 Å². The van der Waals surface area contributed by atoms with E-state index < -0.39 is 0 Å². The number of hydrogen-bond donors (Lipinski definition) is 3. The van der Waals surface area contributed by atoms with E-state index in [1.807, 2.05) is 0 Å². The summed E-state index contributed by atoms with van der Waals surface area (Å²) in [4.78, 5) is 3.67. The fourth-order valence-corrected chi connectivity index (χ4v) is 4.58. The van der Waals surface area contributed by atoms with Crippen molar-refractivity contribution in [3.05, 3.63) is 47.2 Å². The molecule has 3 heteroatoms. The van der Waals surface area contributed by atoms with Crippen molar-refractivity contribution < 1.29 is 0 Å². The van der Waals surface area contributed by atoms with Crippen molar-refractivity contribution in [1.29, 1.82) is 0 Å². The van der Waals surface area contributed by atoms with Crippen molar-refractivity contribution in [3.8, 4) is 0 Å². The molecule has 116 valence electrons. The Kier molecular flexibility index (Phi) is 3.17. The Morgan fingerprint density at radius 1 is 1.32 bits per heavy atom. The van der Waals surface area contributed by atoms with Crippen molar-refractivity contribution in [3.63, 3.8) is 0 Å². The molecular formula is C19H25N3. The van der Waals surface area contributed by atoms with Crippen molar-refractivity contribution in [2.75, 3.05) is 6.54 Å². The Balaban J connectivity index is 1.95. The number of nitrogens with one attached hydrogen (secondary N) is 2. The van der Waals surface area contributed by atoms with E-state index in [1.165, 1.54) is 27.7 Å². The summed E-state index contributed by atoms with van der Waals surface area (Å²) < 4.78 is 0. The molecule has 3 nitrogen and oxygen atoms in total. The van der Waals surface area contributed by atoms with Gasteiger partial charge in [-0.2, -0.15) is 0 Å². The number of rotatable bonds is 1. The molecule has 1 aliphatic heterocycles. The maximum absolute atomic E-state index is 7.06.